The molecule has 4 rings (SSSR count). The van der Waals surface area contributed by atoms with Gasteiger partial charge in [-0.25, -0.2) is 0 Å². The van der Waals surface area contributed by atoms with E-state index in [1.165, 1.54) is 0 Å². The molecule has 6 nitrogen and oxygen atoms in total. The molecule has 4 aromatic carbocycles. The minimum atomic E-state index is 0.256. The average molecular weight is 535 g/mol. The van der Waals surface area contributed by atoms with Crippen molar-refractivity contribution in [3.63, 3.8) is 0 Å². The van der Waals surface area contributed by atoms with Gasteiger partial charge in [0.25, 0.3) is 0 Å². The summed E-state index contributed by atoms with van der Waals surface area (Å²) in [6.45, 7) is 0.766. The van der Waals surface area contributed by atoms with Gasteiger partial charge in [-0.2, -0.15) is 0 Å². The normalized spacial score (nSPS) is 11.4. The topological polar surface area (TPSA) is 71.1 Å². The molecule has 6 heteroatoms. The summed E-state index contributed by atoms with van der Waals surface area (Å²) in [7, 11) is 3.25. The number of hydrogen-bond acceptors (Lipinski definition) is 6. The monoisotopic (exact) mass is 534 g/mol. The Hall–Kier alpha value is -5.10. The minimum Gasteiger partial charge on any atom is -0.497 e. The highest BCUT2D eigenvalue weighted by Crippen LogP contribution is 2.23. The number of carbonyl (C=O) groups is 2. The number of allylic oxidation sites excluding steroid dienone is 2. The number of ether oxygens (including phenoxy) is 4. The number of carbonyl (C=O) groups excluding carboxylic acids is 2. The molecule has 202 valence electrons. The average Bonchev–Trinajstić information content (AvgIpc) is 3.01. The summed E-state index contributed by atoms with van der Waals surface area (Å²) in [4.78, 5) is 24.0. The van der Waals surface area contributed by atoms with Crippen molar-refractivity contribution in [2.45, 2.75) is 13.2 Å². The van der Waals surface area contributed by atoms with Gasteiger partial charge in [0.05, 0.1) is 14.2 Å². The smallest absolute Gasteiger partial charge is 0.150 e. The van der Waals surface area contributed by atoms with E-state index in [9.17, 15) is 9.59 Å². The Labute approximate surface area is 234 Å². The second kappa shape index (κ2) is 14.2. The van der Waals surface area contributed by atoms with E-state index in [0.717, 1.165) is 33.8 Å². The third-order valence-electron chi connectivity index (χ3n) is 6.08. The van der Waals surface area contributed by atoms with Crippen molar-refractivity contribution in [2.24, 2.45) is 0 Å². The van der Waals surface area contributed by atoms with E-state index in [1.54, 1.807) is 26.4 Å². The third-order valence-corrected chi connectivity index (χ3v) is 6.08. The Morgan fingerprint density at radius 3 is 1.30 bits per heavy atom. The van der Waals surface area contributed by atoms with Gasteiger partial charge in [-0.3, -0.25) is 9.59 Å². The Morgan fingerprint density at radius 2 is 0.950 bits per heavy atom. The third kappa shape index (κ3) is 7.95. The van der Waals surface area contributed by atoms with Gasteiger partial charge < -0.3 is 18.9 Å². The number of benzene rings is 4. The molecule has 0 aliphatic heterocycles. The second-order valence-electron chi connectivity index (χ2n) is 8.85. The molecule has 0 bridgehead atoms. The predicted octanol–water partition coefficient (Wildman–Crippen LogP) is 6.73. The van der Waals surface area contributed by atoms with Crippen LogP contribution in [0.1, 0.15) is 22.3 Å². The fourth-order valence-electron chi connectivity index (χ4n) is 3.89. The molecule has 0 spiro atoms. The lowest BCUT2D eigenvalue weighted by molar-refractivity contribution is -0.107. The van der Waals surface area contributed by atoms with Crippen LogP contribution in [0.15, 0.2) is 108 Å². The zero-order chi connectivity index (χ0) is 28.2. The molecule has 0 N–H and O–H groups in total. The van der Waals surface area contributed by atoms with Gasteiger partial charge in [-0.1, -0.05) is 48.5 Å². The van der Waals surface area contributed by atoms with Crippen LogP contribution in [-0.4, -0.2) is 26.8 Å². The zero-order valence-corrected chi connectivity index (χ0v) is 22.4. The molecule has 0 saturated heterocycles. The van der Waals surface area contributed by atoms with Gasteiger partial charge in [0.15, 0.2) is 12.6 Å². The number of hydrogen-bond donors (Lipinski definition) is 0. The maximum absolute atomic E-state index is 12.0. The summed E-state index contributed by atoms with van der Waals surface area (Å²) in [5.41, 5.74) is 3.98. The van der Waals surface area contributed by atoms with Crippen LogP contribution >= 0.6 is 0 Å². The largest absolute Gasteiger partial charge is 0.497 e. The van der Waals surface area contributed by atoms with Crippen LogP contribution in [0.25, 0.3) is 12.2 Å². The SMILES string of the molecule is COc1ccc(COc2cccc(C=C(C=O)C(C=O)=Cc3cccc(OCc4ccc(OC)cc4)c3)c2)cc1. The molecule has 0 aromatic heterocycles. The predicted molar refractivity (Wildman–Crippen MR) is 156 cm³/mol. The summed E-state index contributed by atoms with van der Waals surface area (Å²) >= 11 is 0. The van der Waals surface area contributed by atoms with Crippen molar-refractivity contribution in [2.75, 3.05) is 14.2 Å². The summed E-state index contributed by atoms with van der Waals surface area (Å²) < 4.78 is 22.2. The summed E-state index contributed by atoms with van der Waals surface area (Å²) in [5, 5.41) is 0. The lowest BCUT2D eigenvalue weighted by Gasteiger charge is -2.09. The summed E-state index contributed by atoms with van der Waals surface area (Å²) in [5.74, 6) is 2.86. The first-order chi connectivity index (χ1) is 19.6. The van der Waals surface area contributed by atoms with Gasteiger partial charge in [-0.05, 0) is 82.9 Å². The van der Waals surface area contributed by atoms with Crippen LogP contribution < -0.4 is 18.9 Å². The molecular weight excluding hydrogens is 504 g/mol. The molecule has 0 fully saturated rings. The van der Waals surface area contributed by atoms with Crippen molar-refractivity contribution in [3.8, 4) is 23.0 Å². The molecule has 4 aromatic rings. The highest BCUT2D eigenvalue weighted by atomic mass is 16.5. The molecule has 0 aliphatic carbocycles. The maximum Gasteiger partial charge on any atom is 0.150 e. The van der Waals surface area contributed by atoms with Crippen molar-refractivity contribution in [3.05, 3.63) is 130 Å². The lowest BCUT2D eigenvalue weighted by Crippen LogP contribution is -1.97. The highest BCUT2D eigenvalue weighted by Gasteiger charge is 2.07. The molecule has 0 radical (unpaired) electrons. The number of rotatable bonds is 13. The van der Waals surface area contributed by atoms with Crippen molar-refractivity contribution in [1.29, 1.82) is 0 Å². The van der Waals surface area contributed by atoms with Crippen molar-refractivity contribution >= 4 is 24.7 Å². The Morgan fingerprint density at radius 1 is 0.550 bits per heavy atom. The molecule has 0 amide bonds. The molecule has 0 atom stereocenters. The lowest BCUT2D eigenvalue weighted by atomic mass is 10.0. The van der Waals surface area contributed by atoms with Crippen LogP contribution in [-0.2, 0) is 22.8 Å². The zero-order valence-electron chi connectivity index (χ0n) is 22.4. The van der Waals surface area contributed by atoms with E-state index in [2.05, 4.69) is 0 Å². The Bertz CT molecular complexity index is 1370. The molecule has 0 heterocycles. The molecule has 0 unspecified atom stereocenters. The highest BCUT2D eigenvalue weighted by molar-refractivity contribution is 6.02. The fraction of sp³-hybridized carbons (Fsp3) is 0.118. The van der Waals surface area contributed by atoms with Crippen LogP contribution in [0.4, 0.5) is 0 Å². The van der Waals surface area contributed by atoms with E-state index in [1.807, 2.05) is 97.1 Å². The number of methoxy groups -OCH3 is 2. The van der Waals surface area contributed by atoms with Crippen LogP contribution in [0.5, 0.6) is 23.0 Å². The molecule has 0 aliphatic rings. The van der Waals surface area contributed by atoms with Gasteiger partial charge in [-0.15, -0.1) is 0 Å². The molecule has 0 saturated carbocycles. The van der Waals surface area contributed by atoms with Gasteiger partial charge in [0.2, 0.25) is 0 Å². The molecule has 40 heavy (non-hydrogen) atoms. The van der Waals surface area contributed by atoms with Crippen LogP contribution in [0.3, 0.4) is 0 Å². The Kier molecular flexibility index (Phi) is 9.89. The fourth-order valence-corrected chi connectivity index (χ4v) is 3.89. The quantitative estimate of drug-likeness (QED) is 0.108. The van der Waals surface area contributed by atoms with Crippen molar-refractivity contribution < 1.29 is 28.5 Å². The minimum absolute atomic E-state index is 0.256. The van der Waals surface area contributed by atoms with E-state index >= 15 is 0 Å². The Balaban J connectivity index is 1.45. The second-order valence-corrected chi connectivity index (χ2v) is 8.85. The van der Waals surface area contributed by atoms with E-state index in [4.69, 9.17) is 18.9 Å². The van der Waals surface area contributed by atoms with Crippen LogP contribution in [0, 0.1) is 0 Å². The van der Waals surface area contributed by atoms with Gasteiger partial charge >= 0.3 is 0 Å². The summed E-state index contributed by atoms with van der Waals surface area (Å²) in [6.07, 6.45) is 4.68. The maximum atomic E-state index is 12.0. The van der Waals surface area contributed by atoms with Gasteiger partial charge in [0.1, 0.15) is 36.2 Å². The van der Waals surface area contributed by atoms with E-state index < -0.39 is 0 Å². The first-order valence-electron chi connectivity index (χ1n) is 12.7. The molecular formula is C34H30O6. The standard InChI is InChI=1S/C34H30O6/c1-37-31-13-9-25(10-14-31)23-39-33-7-3-5-27(19-33)17-29(21-35)30(22-36)18-28-6-4-8-34(20-28)40-24-26-11-15-32(38-2)16-12-26/h3-22H,23-24H2,1-2H3. The van der Waals surface area contributed by atoms with Crippen LogP contribution in [0.2, 0.25) is 0 Å². The number of aldehydes is 2. The summed E-state index contributed by atoms with van der Waals surface area (Å²) in [6, 6.07) is 30.0. The van der Waals surface area contributed by atoms with Crippen molar-refractivity contribution in [1.82, 2.24) is 0 Å². The van der Waals surface area contributed by atoms with E-state index in [-0.39, 0.29) is 11.1 Å². The first kappa shape index (κ1) is 27.9. The van der Waals surface area contributed by atoms with Gasteiger partial charge in [0, 0.05) is 11.1 Å². The first-order valence-corrected chi connectivity index (χ1v) is 12.7. The van der Waals surface area contributed by atoms with E-state index in [0.29, 0.717) is 37.3 Å².